The molecule has 1 aliphatic heterocycles. The number of nitrogens with one attached hydrogen (secondary N) is 2. The van der Waals surface area contributed by atoms with Crippen molar-refractivity contribution in [3.63, 3.8) is 0 Å². The van der Waals surface area contributed by atoms with Gasteiger partial charge in [-0.25, -0.2) is 4.79 Å². The Morgan fingerprint density at radius 3 is 2.30 bits per heavy atom. The van der Waals surface area contributed by atoms with Gasteiger partial charge in [0, 0.05) is 12.3 Å². The van der Waals surface area contributed by atoms with Gasteiger partial charge >= 0.3 is 11.9 Å². The van der Waals surface area contributed by atoms with Crippen LogP contribution in [-0.4, -0.2) is 81.2 Å². The molecule has 0 spiro atoms. The van der Waals surface area contributed by atoms with Gasteiger partial charge in [-0.3, -0.25) is 19.2 Å². The Hall–Kier alpha value is -2.34. The molecule has 1 saturated heterocycles. The van der Waals surface area contributed by atoms with Crippen molar-refractivity contribution in [1.82, 2.24) is 15.5 Å². The van der Waals surface area contributed by atoms with E-state index in [1.807, 2.05) is 6.92 Å². The van der Waals surface area contributed by atoms with Crippen LogP contribution in [0.5, 0.6) is 0 Å². The Bertz CT molecular complexity index is 675. The lowest BCUT2D eigenvalue weighted by molar-refractivity contribution is -0.147. The average Bonchev–Trinajstić information content (AvgIpc) is 3.18. The lowest BCUT2D eigenvalue weighted by Gasteiger charge is -2.29. The summed E-state index contributed by atoms with van der Waals surface area (Å²) in [6.07, 6.45) is 0.715. The van der Waals surface area contributed by atoms with E-state index < -0.39 is 60.2 Å². The van der Waals surface area contributed by atoms with E-state index in [2.05, 4.69) is 23.3 Å². The van der Waals surface area contributed by atoms with Crippen LogP contribution in [0.15, 0.2) is 0 Å². The minimum Gasteiger partial charge on any atom is -0.481 e. The molecule has 1 rings (SSSR count). The molecule has 30 heavy (non-hydrogen) atoms. The number of carbonyl (C=O) groups excluding carboxylic acids is 3. The number of nitrogens with two attached hydrogens (primary N) is 1. The molecule has 11 nitrogen and oxygen atoms in total. The van der Waals surface area contributed by atoms with Crippen LogP contribution in [0.2, 0.25) is 0 Å². The quantitative estimate of drug-likeness (QED) is 0.214. The first-order valence-electron chi connectivity index (χ1n) is 9.75. The number of carboxylic acids is 2. The number of hydrogen-bond donors (Lipinski definition) is 6. The highest BCUT2D eigenvalue weighted by Crippen LogP contribution is 2.20. The van der Waals surface area contributed by atoms with E-state index in [1.165, 1.54) is 4.90 Å². The van der Waals surface area contributed by atoms with Crippen molar-refractivity contribution in [1.29, 1.82) is 0 Å². The third-order valence-corrected chi connectivity index (χ3v) is 5.55. The summed E-state index contributed by atoms with van der Waals surface area (Å²) in [5.74, 6) is -4.91. The largest absolute Gasteiger partial charge is 0.481 e. The van der Waals surface area contributed by atoms with E-state index >= 15 is 0 Å². The number of carboxylic acid groups (broad SMARTS) is 2. The molecule has 3 amide bonds. The van der Waals surface area contributed by atoms with E-state index in [9.17, 15) is 24.0 Å². The van der Waals surface area contributed by atoms with Gasteiger partial charge in [-0.05, 0) is 18.8 Å². The second-order valence-electron chi connectivity index (χ2n) is 7.34. The summed E-state index contributed by atoms with van der Waals surface area (Å²) in [7, 11) is 0. The van der Waals surface area contributed by atoms with E-state index in [-0.39, 0.29) is 24.6 Å². The first-order valence-corrected chi connectivity index (χ1v) is 10.4. The molecule has 0 radical (unpaired) electrons. The van der Waals surface area contributed by atoms with Crippen molar-refractivity contribution in [2.75, 3.05) is 12.3 Å². The standard InChI is InChI=1S/C18H30N4O7S/c1-3-9(2)14(19)16(26)20-10(7-13(23)24)17(27)22-6-4-5-12(22)15(25)21-11(8-30)18(28)29/h9-12,14,30H,3-8,19H2,1-2H3,(H,20,26)(H,21,25)(H,23,24)(H,28,29). The van der Waals surface area contributed by atoms with Crippen molar-refractivity contribution >= 4 is 42.3 Å². The van der Waals surface area contributed by atoms with Crippen molar-refractivity contribution in [2.24, 2.45) is 11.7 Å². The van der Waals surface area contributed by atoms with E-state index in [0.717, 1.165) is 0 Å². The first kappa shape index (κ1) is 25.7. The fourth-order valence-electron chi connectivity index (χ4n) is 3.11. The van der Waals surface area contributed by atoms with E-state index in [4.69, 9.17) is 15.9 Å². The molecule has 12 heteroatoms. The van der Waals surface area contributed by atoms with Crippen LogP contribution >= 0.6 is 12.6 Å². The maximum absolute atomic E-state index is 13.0. The number of likely N-dealkylation sites (tertiary alicyclic amines) is 1. The van der Waals surface area contributed by atoms with Crippen LogP contribution < -0.4 is 16.4 Å². The van der Waals surface area contributed by atoms with E-state index in [0.29, 0.717) is 12.8 Å². The number of hydrogen-bond acceptors (Lipinski definition) is 7. The number of aliphatic carboxylic acids is 2. The maximum atomic E-state index is 13.0. The van der Waals surface area contributed by atoms with Crippen LogP contribution in [0.4, 0.5) is 0 Å². The Kier molecular flexibility index (Phi) is 10.1. The van der Waals surface area contributed by atoms with Gasteiger partial charge in [0.25, 0.3) is 0 Å². The van der Waals surface area contributed by atoms with Crippen LogP contribution in [0.3, 0.4) is 0 Å². The normalized spacial score (nSPS) is 20.0. The van der Waals surface area contributed by atoms with Crippen LogP contribution in [-0.2, 0) is 24.0 Å². The molecule has 0 aromatic heterocycles. The predicted molar refractivity (Wildman–Crippen MR) is 110 cm³/mol. The highest BCUT2D eigenvalue weighted by molar-refractivity contribution is 7.80. The topological polar surface area (TPSA) is 179 Å². The Labute approximate surface area is 180 Å². The second-order valence-corrected chi connectivity index (χ2v) is 7.71. The molecule has 0 bridgehead atoms. The smallest absolute Gasteiger partial charge is 0.327 e. The fourth-order valence-corrected chi connectivity index (χ4v) is 3.36. The predicted octanol–water partition coefficient (Wildman–Crippen LogP) is -1.19. The third-order valence-electron chi connectivity index (χ3n) is 5.19. The summed E-state index contributed by atoms with van der Waals surface area (Å²) >= 11 is 3.89. The fraction of sp³-hybridized carbons (Fsp3) is 0.722. The van der Waals surface area contributed by atoms with Gasteiger partial charge in [0.2, 0.25) is 17.7 Å². The third kappa shape index (κ3) is 6.87. The summed E-state index contributed by atoms with van der Waals surface area (Å²) in [6, 6.07) is -4.49. The van der Waals surface area contributed by atoms with Gasteiger partial charge in [-0.1, -0.05) is 20.3 Å². The number of amides is 3. The number of rotatable bonds is 11. The summed E-state index contributed by atoms with van der Waals surface area (Å²) < 4.78 is 0. The van der Waals surface area contributed by atoms with Gasteiger partial charge in [0.15, 0.2) is 0 Å². The van der Waals surface area contributed by atoms with Crippen LogP contribution in [0.25, 0.3) is 0 Å². The van der Waals surface area contributed by atoms with Crippen molar-refractivity contribution in [3.05, 3.63) is 0 Å². The molecular formula is C18H30N4O7S. The van der Waals surface area contributed by atoms with Gasteiger partial charge in [-0.15, -0.1) is 0 Å². The zero-order valence-corrected chi connectivity index (χ0v) is 17.9. The minimum atomic E-state index is -1.39. The highest BCUT2D eigenvalue weighted by atomic mass is 32.1. The Balaban J connectivity index is 2.96. The minimum absolute atomic E-state index is 0.132. The van der Waals surface area contributed by atoms with Gasteiger partial charge in [0.05, 0.1) is 12.5 Å². The van der Waals surface area contributed by atoms with Gasteiger partial charge in [0.1, 0.15) is 18.1 Å². The molecule has 0 aromatic rings. The summed E-state index contributed by atoms with van der Waals surface area (Å²) in [5.41, 5.74) is 5.87. The van der Waals surface area contributed by atoms with Crippen LogP contribution in [0, 0.1) is 5.92 Å². The van der Waals surface area contributed by atoms with Crippen molar-refractivity contribution < 1.29 is 34.2 Å². The number of nitrogens with zero attached hydrogens (tertiary/aromatic N) is 1. The van der Waals surface area contributed by atoms with Crippen molar-refractivity contribution in [3.8, 4) is 0 Å². The zero-order chi connectivity index (χ0) is 23.0. The van der Waals surface area contributed by atoms with Gasteiger partial charge in [-0.2, -0.15) is 12.6 Å². The SMILES string of the molecule is CCC(C)C(N)C(=O)NC(CC(=O)O)C(=O)N1CCCC1C(=O)NC(CS)C(=O)O. The maximum Gasteiger partial charge on any atom is 0.327 e. The van der Waals surface area contributed by atoms with E-state index in [1.54, 1.807) is 6.92 Å². The second kappa shape index (κ2) is 11.7. The van der Waals surface area contributed by atoms with Crippen LogP contribution in [0.1, 0.15) is 39.5 Å². The summed E-state index contributed by atoms with van der Waals surface area (Å²) in [6.45, 7) is 3.79. The molecule has 1 fully saturated rings. The number of carbonyl (C=O) groups is 5. The number of thiol groups is 1. The molecule has 0 aromatic carbocycles. The highest BCUT2D eigenvalue weighted by Gasteiger charge is 2.39. The van der Waals surface area contributed by atoms with Crippen molar-refractivity contribution in [2.45, 2.75) is 63.7 Å². The molecule has 0 aliphatic carbocycles. The average molecular weight is 447 g/mol. The van der Waals surface area contributed by atoms with Gasteiger partial charge < -0.3 is 31.5 Å². The monoisotopic (exact) mass is 446 g/mol. The Morgan fingerprint density at radius 1 is 1.17 bits per heavy atom. The molecular weight excluding hydrogens is 416 g/mol. The lowest BCUT2D eigenvalue weighted by atomic mass is 9.99. The molecule has 170 valence electrons. The molecule has 5 atom stereocenters. The Morgan fingerprint density at radius 2 is 1.80 bits per heavy atom. The zero-order valence-electron chi connectivity index (χ0n) is 17.0. The molecule has 5 unspecified atom stereocenters. The molecule has 1 aliphatic rings. The lowest BCUT2D eigenvalue weighted by Crippen LogP contribution is -2.57. The molecule has 0 saturated carbocycles. The molecule has 1 heterocycles. The molecule has 6 N–H and O–H groups in total. The first-order chi connectivity index (χ1) is 14.0. The summed E-state index contributed by atoms with van der Waals surface area (Å²) in [5, 5.41) is 23.0. The summed E-state index contributed by atoms with van der Waals surface area (Å²) in [4.78, 5) is 61.4.